The molecule has 0 heterocycles. The van der Waals surface area contributed by atoms with Crippen LogP contribution in [0.1, 0.15) is 79.2 Å². The fourth-order valence-electron chi connectivity index (χ4n) is 6.19. The molecule has 0 saturated heterocycles. The minimum absolute atomic E-state index is 0.0158. The number of rotatable bonds is 47. The summed E-state index contributed by atoms with van der Waals surface area (Å²) in [6.45, 7) is 18.0. The molecule has 0 aliphatic carbocycles. The van der Waals surface area contributed by atoms with Crippen LogP contribution in [0.2, 0.25) is 0 Å². The molecular weight excluding hydrogens is 985 g/mol. The first kappa shape index (κ1) is 68.4. The first-order chi connectivity index (χ1) is 36.1. The number of methoxy groups -OCH3 is 1. The number of ether oxygens (including phenoxy) is 11. The smallest absolute Gasteiger partial charge is 0.408 e. The second kappa shape index (κ2) is 44.5. The maximum absolute atomic E-state index is 13.1. The van der Waals surface area contributed by atoms with Gasteiger partial charge in [0.1, 0.15) is 23.7 Å². The Hall–Kier alpha value is -4.60. The van der Waals surface area contributed by atoms with Gasteiger partial charge in [-0.05, 0) is 70.6 Å². The molecule has 0 aliphatic heterocycles. The lowest BCUT2D eigenvalue weighted by Gasteiger charge is -2.24. The number of carbonyl (C=O) groups excluding carboxylic acids is 6. The normalized spacial score (nSPS) is 12.7. The monoisotopic (exact) mass is 1070 g/mol. The van der Waals surface area contributed by atoms with E-state index in [2.05, 4.69) is 31.9 Å². The highest BCUT2D eigenvalue weighted by molar-refractivity contribution is 5.98. The molecule has 3 atom stereocenters. The van der Waals surface area contributed by atoms with E-state index < -0.39 is 53.4 Å². The van der Waals surface area contributed by atoms with Gasteiger partial charge in [-0.2, -0.15) is 0 Å². The molecule has 0 radical (unpaired) electrons. The van der Waals surface area contributed by atoms with Crippen molar-refractivity contribution in [1.29, 1.82) is 0 Å². The van der Waals surface area contributed by atoms with Gasteiger partial charge in [-0.1, -0.05) is 26.0 Å². The number of amides is 6. The van der Waals surface area contributed by atoms with Crippen molar-refractivity contribution in [2.45, 2.75) is 104 Å². The third-order valence-corrected chi connectivity index (χ3v) is 10.2. The van der Waals surface area contributed by atoms with Gasteiger partial charge in [-0.15, -0.1) is 0 Å². The highest BCUT2D eigenvalue weighted by Crippen LogP contribution is 2.11. The van der Waals surface area contributed by atoms with Crippen molar-refractivity contribution < 1.29 is 86.0 Å². The molecule has 75 heavy (non-hydrogen) atoms. The second-order valence-electron chi connectivity index (χ2n) is 18.2. The summed E-state index contributed by atoms with van der Waals surface area (Å²) >= 11 is 0. The largest absolute Gasteiger partial charge is 0.444 e. The summed E-state index contributed by atoms with van der Waals surface area (Å²) in [7, 11) is 1.63. The van der Waals surface area contributed by atoms with Gasteiger partial charge in [0.05, 0.1) is 132 Å². The van der Waals surface area contributed by atoms with E-state index in [4.69, 9.17) is 52.1 Å². The Kier molecular flexibility index (Phi) is 40.6. The standard InChI is InChI=1S/C51H90N6O18/c1-39(2)46(49(63)54-40(3)47(61)55-42-13-11-41(38-58)12-14-42)57-45(60)16-20-67-24-26-68-21-18-53-48(62)43(56-50(64)75-51(4,5)6)10-8-9-17-52-44(59)15-19-66-25-27-70-30-31-72-34-35-74-37-36-73-33-32-71-29-28-69-23-22-65-7/h11-14,39-40,43,46,58H,8-10,15-38H2,1-7H3,(H,52,59)(H,53,62)(H,54,63)(H,55,61)(H,56,64)(H,57,60)/t40-,43-,46-/m0/s1. The van der Waals surface area contributed by atoms with Crippen molar-refractivity contribution in [3.05, 3.63) is 29.8 Å². The van der Waals surface area contributed by atoms with E-state index in [0.29, 0.717) is 130 Å². The van der Waals surface area contributed by atoms with Crippen molar-refractivity contribution in [2.24, 2.45) is 5.92 Å². The number of unbranched alkanes of at least 4 members (excludes halogenated alkanes) is 1. The van der Waals surface area contributed by atoms with Gasteiger partial charge in [0.2, 0.25) is 29.5 Å². The lowest BCUT2D eigenvalue weighted by molar-refractivity contribution is -0.132. The summed E-state index contributed by atoms with van der Waals surface area (Å²) in [5.74, 6) is -2.20. The van der Waals surface area contributed by atoms with E-state index in [1.165, 1.54) is 6.92 Å². The van der Waals surface area contributed by atoms with E-state index in [1.54, 1.807) is 66.0 Å². The number of hydrogen-bond donors (Lipinski definition) is 7. The molecule has 1 aromatic rings. The van der Waals surface area contributed by atoms with Crippen LogP contribution >= 0.6 is 0 Å². The molecule has 6 amide bonds. The summed E-state index contributed by atoms with van der Waals surface area (Å²) in [6.07, 6.45) is 0.822. The van der Waals surface area contributed by atoms with Crippen LogP contribution in [-0.4, -0.2) is 210 Å². The lowest BCUT2D eigenvalue weighted by atomic mass is 10.0. The van der Waals surface area contributed by atoms with E-state index in [0.717, 1.165) is 0 Å². The number of benzene rings is 1. The van der Waals surface area contributed by atoms with Crippen LogP contribution in [0.4, 0.5) is 10.5 Å². The number of hydrogen-bond acceptors (Lipinski definition) is 18. The predicted molar refractivity (Wildman–Crippen MR) is 277 cm³/mol. The zero-order valence-electron chi connectivity index (χ0n) is 45.6. The number of carbonyl (C=O) groups is 6. The number of aliphatic hydroxyl groups excluding tert-OH is 1. The summed E-state index contributed by atoms with van der Waals surface area (Å²) in [5, 5.41) is 25.5. The maximum atomic E-state index is 13.1. The van der Waals surface area contributed by atoms with Crippen LogP contribution < -0.4 is 31.9 Å². The van der Waals surface area contributed by atoms with Crippen LogP contribution in [-0.2, 0) is 82.7 Å². The lowest BCUT2D eigenvalue weighted by Crippen LogP contribution is -2.53. The predicted octanol–water partition coefficient (Wildman–Crippen LogP) is 1.63. The van der Waals surface area contributed by atoms with Crippen LogP contribution in [0.3, 0.4) is 0 Å². The Morgan fingerprint density at radius 2 is 0.987 bits per heavy atom. The van der Waals surface area contributed by atoms with Crippen LogP contribution in [0, 0.1) is 5.92 Å². The van der Waals surface area contributed by atoms with E-state index >= 15 is 0 Å². The molecule has 0 unspecified atom stereocenters. The molecule has 1 rings (SSSR count). The number of alkyl carbamates (subject to hydrolysis) is 1. The van der Waals surface area contributed by atoms with Crippen LogP contribution in [0.15, 0.2) is 24.3 Å². The Balaban J connectivity index is 2.18. The van der Waals surface area contributed by atoms with Gasteiger partial charge in [-0.25, -0.2) is 4.79 Å². The average Bonchev–Trinajstić information content (AvgIpc) is 3.36. The summed E-state index contributed by atoms with van der Waals surface area (Å²) in [5.41, 5.74) is 0.439. The molecule has 7 N–H and O–H groups in total. The fraction of sp³-hybridized carbons (Fsp3) is 0.765. The van der Waals surface area contributed by atoms with Gasteiger partial charge in [-0.3, -0.25) is 24.0 Å². The Bertz CT molecular complexity index is 1670. The Labute approximate surface area is 443 Å². The first-order valence-electron chi connectivity index (χ1n) is 25.9. The zero-order chi connectivity index (χ0) is 55.4. The van der Waals surface area contributed by atoms with Crippen LogP contribution in [0.5, 0.6) is 0 Å². The van der Waals surface area contributed by atoms with Crippen molar-refractivity contribution in [2.75, 3.05) is 151 Å². The Morgan fingerprint density at radius 3 is 1.45 bits per heavy atom. The molecular formula is C51H90N6O18. The summed E-state index contributed by atoms with van der Waals surface area (Å²) in [6, 6.07) is 3.99. The Morgan fingerprint density at radius 1 is 0.520 bits per heavy atom. The SMILES string of the molecule is COCCOCCOCCOCCOCCOCCOCCOCCC(=O)NCCCC[C@H](NC(=O)OC(C)(C)C)C(=O)NCCOCCOCCC(=O)N[C@H](C(=O)N[C@@H](C)C(=O)Nc1ccc(CO)cc1)C(C)C. The molecule has 0 bridgehead atoms. The second-order valence-corrected chi connectivity index (χ2v) is 18.2. The summed E-state index contributed by atoms with van der Waals surface area (Å²) < 4.78 is 59.5. The van der Waals surface area contributed by atoms with Gasteiger partial charge in [0, 0.05) is 38.7 Å². The van der Waals surface area contributed by atoms with E-state index in [-0.39, 0.29) is 70.9 Å². The highest BCUT2D eigenvalue weighted by Gasteiger charge is 2.27. The van der Waals surface area contributed by atoms with E-state index in [9.17, 15) is 33.9 Å². The molecule has 24 nitrogen and oxygen atoms in total. The molecule has 0 aromatic heterocycles. The molecule has 0 saturated carbocycles. The summed E-state index contributed by atoms with van der Waals surface area (Å²) in [4.78, 5) is 76.3. The van der Waals surface area contributed by atoms with Gasteiger partial charge < -0.3 is 89.1 Å². The van der Waals surface area contributed by atoms with Gasteiger partial charge in [0.15, 0.2) is 0 Å². The topological polar surface area (TPSA) is 296 Å². The molecule has 24 heteroatoms. The first-order valence-corrected chi connectivity index (χ1v) is 25.9. The molecule has 0 aliphatic rings. The van der Waals surface area contributed by atoms with Gasteiger partial charge in [0.25, 0.3) is 0 Å². The minimum atomic E-state index is -0.886. The average molecular weight is 1080 g/mol. The van der Waals surface area contributed by atoms with Crippen molar-refractivity contribution >= 4 is 41.3 Å². The highest BCUT2D eigenvalue weighted by atomic mass is 16.6. The molecule has 432 valence electrons. The van der Waals surface area contributed by atoms with Crippen LogP contribution in [0.25, 0.3) is 0 Å². The minimum Gasteiger partial charge on any atom is -0.444 e. The molecule has 0 spiro atoms. The maximum Gasteiger partial charge on any atom is 0.408 e. The number of nitrogens with one attached hydrogen (secondary N) is 6. The number of aliphatic hydroxyl groups is 1. The van der Waals surface area contributed by atoms with Crippen molar-refractivity contribution in [3.8, 4) is 0 Å². The fourth-order valence-corrected chi connectivity index (χ4v) is 6.19. The molecule has 0 fully saturated rings. The third kappa shape index (κ3) is 39.4. The van der Waals surface area contributed by atoms with Crippen molar-refractivity contribution in [1.82, 2.24) is 26.6 Å². The van der Waals surface area contributed by atoms with Crippen molar-refractivity contribution in [3.63, 3.8) is 0 Å². The quantitative estimate of drug-likeness (QED) is 0.0457. The number of anilines is 1. The molecule has 1 aromatic carbocycles. The van der Waals surface area contributed by atoms with E-state index in [1.807, 2.05) is 0 Å². The third-order valence-electron chi connectivity index (χ3n) is 10.2. The van der Waals surface area contributed by atoms with Gasteiger partial charge >= 0.3 is 6.09 Å². The zero-order valence-corrected chi connectivity index (χ0v) is 45.6.